The summed E-state index contributed by atoms with van der Waals surface area (Å²) < 4.78 is 45.4. The summed E-state index contributed by atoms with van der Waals surface area (Å²) in [6.45, 7) is 2.56. The quantitative estimate of drug-likeness (QED) is 0.835. The Kier molecular flexibility index (Phi) is 4.88. The van der Waals surface area contributed by atoms with Crippen LogP contribution < -0.4 is 4.74 Å². The summed E-state index contributed by atoms with van der Waals surface area (Å²) in [4.78, 5) is 12.2. The molecular formula is C15H17F3O3. The molecule has 1 fully saturated rings. The van der Waals surface area contributed by atoms with Crippen LogP contribution in [-0.4, -0.2) is 24.9 Å². The zero-order chi connectivity index (χ0) is 15.5. The van der Waals surface area contributed by atoms with Crippen molar-refractivity contribution >= 4 is 5.78 Å². The highest BCUT2D eigenvalue weighted by atomic mass is 19.4. The van der Waals surface area contributed by atoms with Gasteiger partial charge in [-0.2, -0.15) is 0 Å². The largest absolute Gasteiger partial charge is 0.573 e. The first-order chi connectivity index (χ1) is 9.89. The SMILES string of the molecule is CCC1OCCC1C(=O)Cc1ccc(OC(F)(F)F)cc1. The molecule has 0 N–H and O–H groups in total. The number of benzene rings is 1. The lowest BCUT2D eigenvalue weighted by Crippen LogP contribution is -2.25. The standard InChI is InChI=1S/C15H17F3O3/c1-2-14-12(7-8-20-14)13(19)9-10-3-5-11(6-4-10)21-15(16,17)18/h3-6,12,14H,2,7-9H2,1H3. The van der Waals surface area contributed by atoms with Crippen molar-refractivity contribution in [3.63, 3.8) is 0 Å². The van der Waals surface area contributed by atoms with Crippen molar-refractivity contribution in [3.8, 4) is 5.75 Å². The van der Waals surface area contributed by atoms with Gasteiger partial charge in [0.25, 0.3) is 0 Å². The zero-order valence-corrected chi connectivity index (χ0v) is 11.7. The normalized spacial score (nSPS) is 22.3. The Bertz CT molecular complexity index is 482. The second-order valence-corrected chi connectivity index (χ2v) is 5.05. The van der Waals surface area contributed by atoms with Crippen molar-refractivity contribution < 1.29 is 27.4 Å². The van der Waals surface area contributed by atoms with Crippen molar-refractivity contribution in [2.24, 2.45) is 5.92 Å². The summed E-state index contributed by atoms with van der Waals surface area (Å²) in [7, 11) is 0. The number of alkyl halides is 3. The number of hydrogen-bond donors (Lipinski definition) is 0. The Hall–Kier alpha value is -1.56. The molecule has 1 aliphatic heterocycles. The highest BCUT2D eigenvalue weighted by molar-refractivity contribution is 5.84. The Morgan fingerprint density at radius 3 is 2.57 bits per heavy atom. The van der Waals surface area contributed by atoms with Gasteiger partial charge >= 0.3 is 6.36 Å². The van der Waals surface area contributed by atoms with Gasteiger partial charge in [0.1, 0.15) is 11.5 Å². The van der Waals surface area contributed by atoms with E-state index in [2.05, 4.69) is 4.74 Å². The second kappa shape index (κ2) is 6.47. The topological polar surface area (TPSA) is 35.5 Å². The molecule has 1 saturated heterocycles. The first kappa shape index (κ1) is 15.8. The highest BCUT2D eigenvalue weighted by Gasteiger charge is 2.33. The molecular weight excluding hydrogens is 285 g/mol. The molecule has 0 amide bonds. The second-order valence-electron chi connectivity index (χ2n) is 5.05. The monoisotopic (exact) mass is 302 g/mol. The Labute approximate surface area is 121 Å². The van der Waals surface area contributed by atoms with Gasteiger partial charge in [-0.15, -0.1) is 13.2 Å². The van der Waals surface area contributed by atoms with Crippen molar-refractivity contribution in [2.45, 2.75) is 38.7 Å². The fraction of sp³-hybridized carbons (Fsp3) is 0.533. The Morgan fingerprint density at radius 1 is 1.33 bits per heavy atom. The van der Waals surface area contributed by atoms with E-state index in [4.69, 9.17) is 4.74 Å². The molecule has 1 aliphatic rings. The van der Waals surface area contributed by atoms with Crippen LogP contribution in [0.2, 0.25) is 0 Å². The van der Waals surface area contributed by atoms with Crippen LogP contribution in [0.1, 0.15) is 25.3 Å². The maximum atomic E-state index is 12.2. The molecule has 21 heavy (non-hydrogen) atoms. The molecule has 1 aromatic rings. The van der Waals surface area contributed by atoms with Crippen molar-refractivity contribution in [3.05, 3.63) is 29.8 Å². The number of ether oxygens (including phenoxy) is 2. The maximum Gasteiger partial charge on any atom is 0.573 e. The fourth-order valence-electron chi connectivity index (χ4n) is 2.56. The number of rotatable bonds is 5. The van der Waals surface area contributed by atoms with Crippen LogP contribution in [0.25, 0.3) is 0 Å². The van der Waals surface area contributed by atoms with Crippen molar-refractivity contribution in [1.82, 2.24) is 0 Å². The molecule has 0 aliphatic carbocycles. The minimum Gasteiger partial charge on any atom is -0.406 e. The van der Waals surface area contributed by atoms with Crippen LogP contribution in [0.4, 0.5) is 13.2 Å². The number of carbonyl (C=O) groups excluding carboxylic acids is 1. The van der Waals surface area contributed by atoms with Gasteiger partial charge < -0.3 is 9.47 Å². The van der Waals surface area contributed by atoms with Crippen LogP contribution in [0.3, 0.4) is 0 Å². The van der Waals surface area contributed by atoms with E-state index in [1.165, 1.54) is 24.3 Å². The van der Waals surface area contributed by atoms with Gasteiger partial charge in [0.2, 0.25) is 0 Å². The van der Waals surface area contributed by atoms with Gasteiger partial charge in [0.05, 0.1) is 6.10 Å². The van der Waals surface area contributed by atoms with Crippen LogP contribution in [0, 0.1) is 5.92 Å². The Balaban J connectivity index is 1.95. The zero-order valence-electron chi connectivity index (χ0n) is 11.7. The molecule has 1 heterocycles. The van der Waals surface area contributed by atoms with Crippen LogP contribution in [0.5, 0.6) is 5.75 Å². The molecule has 1 aromatic carbocycles. The smallest absolute Gasteiger partial charge is 0.406 e. The van der Waals surface area contributed by atoms with E-state index in [-0.39, 0.29) is 30.0 Å². The van der Waals surface area contributed by atoms with Crippen LogP contribution in [0.15, 0.2) is 24.3 Å². The molecule has 2 atom stereocenters. The van der Waals surface area contributed by atoms with Crippen molar-refractivity contribution in [1.29, 1.82) is 0 Å². The van der Waals surface area contributed by atoms with E-state index in [1.54, 1.807) is 0 Å². The average Bonchev–Trinajstić information content (AvgIpc) is 2.87. The molecule has 0 saturated carbocycles. The number of halogens is 3. The number of ketones is 1. The maximum absolute atomic E-state index is 12.2. The number of hydrogen-bond acceptors (Lipinski definition) is 3. The van der Waals surface area contributed by atoms with E-state index >= 15 is 0 Å². The molecule has 6 heteroatoms. The predicted octanol–water partition coefficient (Wildman–Crippen LogP) is 3.51. The predicted molar refractivity (Wildman–Crippen MR) is 70.0 cm³/mol. The summed E-state index contributed by atoms with van der Waals surface area (Å²) in [5.74, 6) is -0.320. The van der Waals surface area contributed by atoms with Gasteiger partial charge in [-0.3, -0.25) is 4.79 Å². The van der Waals surface area contributed by atoms with Gasteiger partial charge in [-0.25, -0.2) is 0 Å². The number of carbonyl (C=O) groups is 1. The van der Waals surface area contributed by atoms with E-state index in [9.17, 15) is 18.0 Å². The summed E-state index contributed by atoms with van der Waals surface area (Å²) in [6.07, 6.45) is -3.03. The summed E-state index contributed by atoms with van der Waals surface area (Å²) >= 11 is 0. The molecule has 2 unspecified atom stereocenters. The van der Waals surface area contributed by atoms with E-state index < -0.39 is 6.36 Å². The van der Waals surface area contributed by atoms with E-state index in [0.29, 0.717) is 18.6 Å². The molecule has 2 rings (SSSR count). The third-order valence-electron chi connectivity index (χ3n) is 3.56. The molecule has 116 valence electrons. The first-order valence-electron chi connectivity index (χ1n) is 6.88. The molecule has 0 radical (unpaired) electrons. The van der Waals surface area contributed by atoms with Gasteiger partial charge in [-0.1, -0.05) is 19.1 Å². The van der Waals surface area contributed by atoms with Gasteiger partial charge in [-0.05, 0) is 30.5 Å². The van der Waals surface area contributed by atoms with Crippen LogP contribution in [-0.2, 0) is 16.0 Å². The number of Topliss-reactive ketones (excluding diaryl/α,β-unsaturated/α-hetero) is 1. The first-order valence-corrected chi connectivity index (χ1v) is 6.88. The molecule has 0 spiro atoms. The third kappa shape index (κ3) is 4.46. The van der Waals surface area contributed by atoms with E-state index in [1.807, 2.05) is 6.92 Å². The Morgan fingerprint density at radius 2 is 2.00 bits per heavy atom. The lowest BCUT2D eigenvalue weighted by molar-refractivity contribution is -0.274. The molecule has 0 aromatic heterocycles. The average molecular weight is 302 g/mol. The summed E-state index contributed by atoms with van der Waals surface area (Å²) in [5.41, 5.74) is 0.677. The third-order valence-corrected chi connectivity index (χ3v) is 3.56. The summed E-state index contributed by atoms with van der Waals surface area (Å²) in [6, 6.07) is 5.41. The minimum absolute atomic E-state index is 0.0367. The highest BCUT2D eigenvalue weighted by Crippen LogP contribution is 2.26. The lowest BCUT2D eigenvalue weighted by Gasteiger charge is -2.15. The van der Waals surface area contributed by atoms with Crippen molar-refractivity contribution in [2.75, 3.05) is 6.61 Å². The minimum atomic E-state index is -4.70. The van der Waals surface area contributed by atoms with E-state index in [0.717, 1.165) is 6.42 Å². The fourth-order valence-corrected chi connectivity index (χ4v) is 2.56. The van der Waals surface area contributed by atoms with Gasteiger partial charge in [0, 0.05) is 18.9 Å². The van der Waals surface area contributed by atoms with Gasteiger partial charge in [0.15, 0.2) is 0 Å². The summed E-state index contributed by atoms with van der Waals surface area (Å²) in [5, 5.41) is 0. The molecule has 0 bridgehead atoms. The molecule has 3 nitrogen and oxygen atoms in total. The van der Waals surface area contributed by atoms with Crippen LogP contribution >= 0.6 is 0 Å². The lowest BCUT2D eigenvalue weighted by atomic mass is 9.91.